The number of benzene rings is 3. The quantitative estimate of drug-likeness (QED) is 0.0193. The van der Waals surface area contributed by atoms with Gasteiger partial charge in [0, 0.05) is 83.3 Å². The summed E-state index contributed by atoms with van der Waals surface area (Å²) in [7, 11) is 0. The number of hydrogen-bond donors (Lipinski definition) is 11. The number of aliphatic imine (C=N–C) groups is 1. The van der Waals surface area contributed by atoms with Gasteiger partial charge in [0.2, 0.25) is 29.5 Å². The summed E-state index contributed by atoms with van der Waals surface area (Å²) in [5.41, 5.74) is 24.9. The molecule has 0 spiro atoms. The molecule has 5 atom stereocenters. The summed E-state index contributed by atoms with van der Waals surface area (Å²) in [5, 5.41) is 26.2. The van der Waals surface area contributed by atoms with Crippen LogP contribution in [-0.4, -0.2) is 104 Å². The average molecular weight is 909 g/mol. The number of nitrogens with one attached hydrogen (secondary N) is 7. The van der Waals surface area contributed by atoms with Crippen LogP contribution in [0.3, 0.4) is 0 Å². The molecule has 23 heteroatoms. The Balaban J connectivity index is 1.44. The van der Waals surface area contributed by atoms with Gasteiger partial charge in [-0.3, -0.25) is 43.9 Å². The Labute approximate surface area is 375 Å². The van der Waals surface area contributed by atoms with E-state index in [2.05, 4.69) is 46.5 Å². The van der Waals surface area contributed by atoms with Crippen molar-refractivity contribution >= 4 is 75.4 Å². The third-order valence-electron chi connectivity index (χ3n) is 10.4. The molecule has 65 heavy (non-hydrogen) atoms. The van der Waals surface area contributed by atoms with Crippen LogP contribution in [0.1, 0.15) is 40.0 Å². The lowest BCUT2D eigenvalue weighted by Gasteiger charge is -2.27. The number of fused-ring (bicyclic) bond motifs is 2. The lowest BCUT2D eigenvalue weighted by atomic mass is 10.0. The summed E-state index contributed by atoms with van der Waals surface area (Å²) in [5.74, 6) is -5.58. The number of nitro benzene ring substituents is 1. The number of aromatic nitrogens is 3. The molecule has 0 saturated heterocycles. The van der Waals surface area contributed by atoms with Crippen LogP contribution in [0.5, 0.6) is 0 Å². The van der Waals surface area contributed by atoms with Gasteiger partial charge in [0.15, 0.2) is 5.96 Å². The number of imidazole rings is 1. The average Bonchev–Trinajstić information content (AvgIpc) is 3.95. The number of amides is 6. The van der Waals surface area contributed by atoms with E-state index in [-0.39, 0.29) is 60.8 Å². The number of guanidine groups is 1. The van der Waals surface area contributed by atoms with Crippen LogP contribution < -0.4 is 49.5 Å². The molecule has 0 unspecified atom stereocenters. The molecule has 3 heterocycles. The van der Waals surface area contributed by atoms with E-state index in [4.69, 9.17) is 22.9 Å². The first-order valence-electron chi connectivity index (χ1n) is 20.3. The molecular formula is C42H48N14O8S. The van der Waals surface area contributed by atoms with Crippen LogP contribution >= 0.6 is 11.8 Å². The Bertz CT molecular complexity index is 2580. The Morgan fingerprint density at radius 3 is 2.14 bits per heavy atom. The van der Waals surface area contributed by atoms with Gasteiger partial charge in [-0.25, -0.2) is 4.98 Å². The molecule has 5 aromatic rings. The highest BCUT2D eigenvalue weighted by molar-refractivity contribution is 7.99. The van der Waals surface area contributed by atoms with Crippen molar-refractivity contribution < 1.29 is 33.7 Å². The maximum atomic E-state index is 14.5. The van der Waals surface area contributed by atoms with E-state index >= 15 is 0 Å². The largest absolute Gasteiger partial charge is 0.399 e. The number of hydrogen-bond acceptors (Lipinski definition) is 12. The summed E-state index contributed by atoms with van der Waals surface area (Å²) >= 11 is 0.889. The minimum absolute atomic E-state index is 0.0399. The van der Waals surface area contributed by atoms with Crippen molar-refractivity contribution in [3.63, 3.8) is 0 Å². The van der Waals surface area contributed by atoms with E-state index in [0.717, 1.165) is 34.8 Å². The number of rotatable bonds is 12. The van der Waals surface area contributed by atoms with Crippen molar-refractivity contribution in [3.05, 3.63) is 118 Å². The molecule has 0 fully saturated rings. The molecule has 3 aromatic carbocycles. The van der Waals surface area contributed by atoms with Crippen molar-refractivity contribution in [3.8, 4) is 0 Å². The first-order valence-corrected chi connectivity index (χ1v) is 21.3. The molecular weight excluding hydrogens is 861 g/mol. The van der Waals surface area contributed by atoms with Crippen LogP contribution in [0.2, 0.25) is 0 Å². The van der Waals surface area contributed by atoms with E-state index in [1.165, 1.54) is 18.6 Å². The van der Waals surface area contributed by atoms with Crippen LogP contribution in [0.25, 0.3) is 10.9 Å². The fourth-order valence-corrected chi connectivity index (χ4v) is 8.12. The molecule has 1 aliphatic heterocycles. The molecule has 6 amide bonds. The van der Waals surface area contributed by atoms with E-state index in [1.807, 2.05) is 18.2 Å². The predicted octanol–water partition coefficient (Wildman–Crippen LogP) is -0.208. The molecule has 340 valence electrons. The standard InChI is InChI=1S/C42H48N14O8S/c43-24-9-7-22(8-10-24)14-31-39(60)51-30(6-3-13-48-42(45)46)38(59)54-32(15-23-18-49-29-5-2-1-4-27(23)29)40(61)55-34(36(44)57)20-65-35-12-11-26(56(63)64)17-28(35)37(58)52-33(41(62)53-31)16-25-19-47-21-50-25/h1-2,4-5,7-12,17-19,21,30-34,49H,3,6,13-16,20,43H2,(H2,44,57)(H,47,50)(H,51,60)(H,52,58)(H,53,62)(H,54,59)(H,55,61)(H4,45,46,48)/t30-,31-,32-,33-,34-/m0/s1. The van der Waals surface area contributed by atoms with Crippen molar-refractivity contribution in [2.45, 2.75) is 67.2 Å². The first kappa shape index (κ1) is 46.6. The van der Waals surface area contributed by atoms with Crippen LogP contribution in [-0.2, 0) is 43.2 Å². The number of nitrogens with two attached hydrogens (primary N) is 4. The van der Waals surface area contributed by atoms with Gasteiger partial charge in [-0.2, -0.15) is 0 Å². The van der Waals surface area contributed by atoms with Gasteiger partial charge >= 0.3 is 0 Å². The number of carbonyl (C=O) groups is 6. The van der Waals surface area contributed by atoms with Gasteiger partial charge in [-0.1, -0.05) is 30.3 Å². The first-order chi connectivity index (χ1) is 31.1. The van der Waals surface area contributed by atoms with Gasteiger partial charge in [0.25, 0.3) is 11.6 Å². The second kappa shape index (κ2) is 21.4. The third-order valence-corrected chi connectivity index (χ3v) is 11.6. The fraction of sp³-hybridized carbons (Fsp3) is 0.286. The van der Waals surface area contributed by atoms with E-state index in [0.29, 0.717) is 22.5 Å². The smallest absolute Gasteiger partial charge is 0.270 e. The maximum Gasteiger partial charge on any atom is 0.270 e. The number of nitro groups is 1. The highest BCUT2D eigenvalue weighted by atomic mass is 32.2. The number of carbonyl (C=O) groups excluding carboxylic acids is 6. The number of anilines is 1. The zero-order valence-corrected chi connectivity index (χ0v) is 35.6. The molecule has 2 aromatic heterocycles. The Kier molecular flexibility index (Phi) is 15.3. The normalized spacial score (nSPS) is 20.1. The summed E-state index contributed by atoms with van der Waals surface area (Å²) in [6.45, 7) is 0.0747. The number of primary amides is 1. The summed E-state index contributed by atoms with van der Waals surface area (Å²) in [4.78, 5) is 110. The summed E-state index contributed by atoms with van der Waals surface area (Å²) < 4.78 is 0. The monoisotopic (exact) mass is 908 g/mol. The van der Waals surface area contributed by atoms with Crippen molar-refractivity contribution in [1.82, 2.24) is 41.5 Å². The second-order valence-electron chi connectivity index (χ2n) is 15.2. The van der Waals surface area contributed by atoms with E-state index in [1.54, 1.807) is 36.5 Å². The van der Waals surface area contributed by atoms with Crippen molar-refractivity contribution in [2.24, 2.45) is 22.2 Å². The van der Waals surface area contributed by atoms with Gasteiger partial charge in [-0.05, 0) is 48.2 Å². The van der Waals surface area contributed by atoms with Gasteiger partial charge in [0.05, 0.1) is 16.8 Å². The minimum Gasteiger partial charge on any atom is -0.399 e. The van der Waals surface area contributed by atoms with E-state index in [9.17, 15) is 38.9 Å². The molecule has 0 saturated carbocycles. The van der Waals surface area contributed by atoms with Gasteiger partial charge in [0.1, 0.15) is 30.2 Å². The number of para-hydroxylation sites is 1. The van der Waals surface area contributed by atoms with Crippen LogP contribution in [0.15, 0.2) is 95.3 Å². The topological polar surface area (TPSA) is 367 Å². The zero-order chi connectivity index (χ0) is 46.6. The molecule has 1 aliphatic rings. The van der Waals surface area contributed by atoms with Crippen LogP contribution in [0, 0.1) is 10.1 Å². The number of nitrogens with zero attached hydrogens (tertiary/aromatic N) is 3. The number of H-pyrrole nitrogens is 2. The highest BCUT2D eigenvalue weighted by Crippen LogP contribution is 2.28. The van der Waals surface area contributed by atoms with E-state index < -0.39 is 76.3 Å². The number of non-ortho nitro benzene ring substituents is 1. The molecule has 22 nitrogen and oxygen atoms in total. The zero-order valence-electron chi connectivity index (χ0n) is 34.7. The minimum atomic E-state index is -1.41. The molecule has 6 rings (SSSR count). The SMILES string of the molecule is NC(=O)[C@@H]1CSc2ccc([N+](=O)[O-])cc2C(=O)N[C@@H](Cc2cnc[nH]2)C(=O)N[C@@H](Cc2ccc(N)cc2)C(=O)N[C@@H](CCCN=C(N)N)C(=O)N[C@@H](Cc2c[nH]c3ccccc23)C(=O)N1. The molecule has 15 N–H and O–H groups in total. The molecule has 0 aliphatic carbocycles. The Hall–Kier alpha value is -7.95. The third kappa shape index (κ3) is 12.6. The summed E-state index contributed by atoms with van der Waals surface area (Å²) in [6.07, 6.45) is 4.24. The second-order valence-corrected chi connectivity index (χ2v) is 16.2. The van der Waals surface area contributed by atoms with Gasteiger partial charge in [-0.15, -0.1) is 11.8 Å². The fourth-order valence-electron chi connectivity index (χ4n) is 7.05. The Morgan fingerprint density at radius 1 is 0.800 bits per heavy atom. The number of nitrogen functional groups attached to an aromatic ring is 1. The van der Waals surface area contributed by atoms with Crippen LogP contribution in [0.4, 0.5) is 11.4 Å². The molecule has 0 radical (unpaired) electrons. The van der Waals surface area contributed by atoms with Gasteiger partial charge < -0.3 is 59.5 Å². The summed E-state index contributed by atoms with van der Waals surface area (Å²) in [6, 6.07) is 10.4. The lowest BCUT2D eigenvalue weighted by molar-refractivity contribution is -0.384. The number of thioether (sulfide) groups is 1. The van der Waals surface area contributed by atoms with Crippen molar-refractivity contribution in [2.75, 3.05) is 18.0 Å². The lowest BCUT2D eigenvalue weighted by Crippen LogP contribution is -2.60. The molecule has 0 bridgehead atoms. The Morgan fingerprint density at radius 2 is 1.46 bits per heavy atom. The number of aromatic amines is 2. The van der Waals surface area contributed by atoms with Crippen molar-refractivity contribution in [1.29, 1.82) is 0 Å². The maximum absolute atomic E-state index is 14.5. The highest BCUT2D eigenvalue weighted by Gasteiger charge is 2.34. The predicted molar refractivity (Wildman–Crippen MR) is 241 cm³/mol.